The number of methoxy groups -OCH3 is 1. The molecule has 1 saturated heterocycles. The van der Waals surface area contributed by atoms with Gasteiger partial charge in [-0.15, -0.1) is 0 Å². The molecule has 1 aliphatic heterocycles. The van der Waals surface area contributed by atoms with Crippen LogP contribution in [0.2, 0.25) is 0 Å². The Morgan fingerprint density at radius 3 is 2.47 bits per heavy atom. The minimum Gasteiger partial charge on any atom is -0.497 e. The van der Waals surface area contributed by atoms with E-state index >= 15 is 0 Å². The molecule has 1 fully saturated rings. The fourth-order valence-corrected chi connectivity index (χ4v) is 5.65. The Labute approximate surface area is 196 Å². The summed E-state index contributed by atoms with van der Waals surface area (Å²) in [5.74, 6) is 1.29. The molecular weight excluding hydrogens is 456 g/mol. The zero-order valence-electron chi connectivity index (χ0n) is 18.8. The Morgan fingerprint density at radius 1 is 1.06 bits per heavy atom. The molecule has 2 N–H and O–H groups in total. The molecule has 0 bridgehead atoms. The summed E-state index contributed by atoms with van der Waals surface area (Å²) in [6.45, 7) is 3.05. The number of ether oxygens (including phenoxy) is 1. The van der Waals surface area contributed by atoms with Crippen LogP contribution < -0.4 is 15.0 Å². The van der Waals surface area contributed by atoms with Crippen molar-refractivity contribution in [3.8, 4) is 5.75 Å². The quantitative estimate of drug-likeness (QED) is 0.450. The molecular formula is C23H24N6O4S. The average molecular weight is 481 g/mol. The fourth-order valence-electron chi connectivity index (χ4n) is 4.23. The number of rotatable bonds is 5. The zero-order chi connectivity index (χ0) is 23.9. The van der Waals surface area contributed by atoms with Gasteiger partial charge in [0.25, 0.3) is 0 Å². The molecule has 0 aliphatic carbocycles. The summed E-state index contributed by atoms with van der Waals surface area (Å²) in [5, 5.41) is 3.59. The van der Waals surface area contributed by atoms with Gasteiger partial charge in [0.1, 0.15) is 23.1 Å². The van der Waals surface area contributed by atoms with Gasteiger partial charge in [-0.3, -0.25) is 4.79 Å². The Kier molecular flexibility index (Phi) is 5.58. The van der Waals surface area contributed by atoms with Gasteiger partial charge in [-0.25, -0.2) is 18.4 Å². The van der Waals surface area contributed by atoms with E-state index in [1.54, 1.807) is 19.2 Å². The van der Waals surface area contributed by atoms with Crippen LogP contribution in [0.15, 0.2) is 53.7 Å². The summed E-state index contributed by atoms with van der Waals surface area (Å²) in [4.78, 5) is 25.8. The van der Waals surface area contributed by atoms with Gasteiger partial charge in [0.05, 0.1) is 12.0 Å². The number of piperazine rings is 1. The topological polar surface area (TPSA) is 121 Å². The van der Waals surface area contributed by atoms with Gasteiger partial charge in [0.15, 0.2) is 5.82 Å². The van der Waals surface area contributed by atoms with Crippen LogP contribution in [0.4, 0.5) is 11.5 Å². The van der Waals surface area contributed by atoms with Gasteiger partial charge in [-0.2, -0.15) is 4.31 Å². The molecule has 10 nitrogen and oxygen atoms in total. The molecule has 1 amide bonds. The maximum Gasteiger partial charge on any atom is 0.243 e. The highest BCUT2D eigenvalue weighted by Crippen LogP contribution is 2.32. The highest BCUT2D eigenvalue weighted by molar-refractivity contribution is 7.89. The number of anilines is 2. The molecule has 0 atom stereocenters. The lowest BCUT2D eigenvalue weighted by molar-refractivity contribution is -0.114. The van der Waals surface area contributed by atoms with E-state index < -0.39 is 10.0 Å². The van der Waals surface area contributed by atoms with E-state index in [0.717, 1.165) is 33.5 Å². The number of aromatic nitrogens is 3. The minimum atomic E-state index is -3.64. The molecule has 0 radical (unpaired) electrons. The number of hydrogen-bond donors (Lipinski definition) is 2. The fraction of sp³-hybridized carbons (Fsp3) is 0.261. The van der Waals surface area contributed by atoms with E-state index in [1.165, 1.54) is 29.7 Å². The van der Waals surface area contributed by atoms with E-state index in [9.17, 15) is 13.2 Å². The number of carbonyl (C=O) groups excluding carboxylic acids is 1. The first-order valence-electron chi connectivity index (χ1n) is 10.8. The average Bonchev–Trinajstić information content (AvgIpc) is 3.22. The number of nitrogens with zero attached hydrogens (tertiary/aromatic N) is 4. The molecule has 5 rings (SSSR count). The van der Waals surface area contributed by atoms with Gasteiger partial charge < -0.3 is 19.9 Å². The van der Waals surface area contributed by atoms with Crippen LogP contribution in [-0.2, 0) is 14.8 Å². The SMILES string of the molecule is COc1ccc2[nH]c3c(N4CCN(S(=O)(=O)c5ccc(NC(C)=O)cc5)CC4)ncnc3c2c1. The number of hydrogen-bond acceptors (Lipinski definition) is 7. The number of sulfonamides is 1. The summed E-state index contributed by atoms with van der Waals surface area (Å²) in [7, 11) is -2.02. The Bertz CT molecular complexity index is 1470. The molecule has 4 aromatic rings. The van der Waals surface area contributed by atoms with Crippen LogP contribution >= 0.6 is 0 Å². The lowest BCUT2D eigenvalue weighted by Crippen LogP contribution is -2.49. The lowest BCUT2D eigenvalue weighted by Gasteiger charge is -2.34. The number of H-pyrrole nitrogens is 1. The largest absolute Gasteiger partial charge is 0.497 e. The zero-order valence-corrected chi connectivity index (χ0v) is 19.6. The number of amides is 1. The molecule has 2 aromatic heterocycles. The predicted octanol–water partition coefficient (Wildman–Crippen LogP) is 2.59. The minimum absolute atomic E-state index is 0.198. The molecule has 11 heteroatoms. The third-order valence-corrected chi connectivity index (χ3v) is 7.83. The van der Waals surface area contributed by atoms with Crippen LogP contribution in [0.25, 0.3) is 21.9 Å². The van der Waals surface area contributed by atoms with Crippen LogP contribution in [0.1, 0.15) is 6.92 Å². The van der Waals surface area contributed by atoms with Gasteiger partial charge >= 0.3 is 0 Å². The third-order valence-electron chi connectivity index (χ3n) is 5.92. The second-order valence-electron chi connectivity index (χ2n) is 8.05. The van der Waals surface area contributed by atoms with E-state index in [2.05, 4.69) is 25.2 Å². The lowest BCUT2D eigenvalue weighted by atomic mass is 10.2. The number of benzene rings is 2. The van der Waals surface area contributed by atoms with Crippen molar-refractivity contribution in [2.24, 2.45) is 0 Å². The number of carbonyl (C=O) groups is 1. The molecule has 0 unspecified atom stereocenters. The summed E-state index contributed by atoms with van der Waals surface area (Å²) in [5.41, 5.74) is 3.10. The number of aromatic amines is 1. The Balaban J connectivity index is 1.36. The van der Waals surface area contributed by atoms with Crippen molar-refractivity contribution >= 4 is 49.4 Å². The maximum atomic E-state index is 13.1. The van der Waals surface area contributed by atoms with Crippen molar-refractivity contribution in [3.63, 3.8) is 0 Å². The highest BCUT2D eigenvalue weighted by atomic mass is 32.2. The number of fused-ring (bicyclic) bond motifs is 3. The summed E-state index contributed by atoms with van der Waals surface area (Å²) in [6.07, 6.45) is 1.53. The van der Waals surface area contributed by atoms with Crippen molar-refractivity contribution in [1.29, 1.82) is 0 Å². The van der Waals surface area contributed by atoms with Crippen LogP contribution in [0.5, 0.6) is 5.75 Å². The highest BCUT2D eigenvalue weighted by Gasteiger charge is 2.30. The summed E-state index contributed by atoms with van der Waals surface area (Å²) < 4.78 is 33.1. The second kappa shape index (κ2) is 8.58. The van der Waals surface area contributed by atoms with Crippen molar-refractivity contribution in [2.45, 2.75) is 11.8 Å². The van der Waals surface area contributed by atoms with Gasteiger partial charge in [0.2, 0.25) is 15.9 Å². The van der Waals surface area contributed by atoms with Crippen molar-refractivity contribution in [3.05, 3.63) is 48.8 Å². The molecule has 3 heterocycles. The van der Waals surface area contributed by atoms with E-state index in [1.807, 2.05) is 18.2 Å². The molecule has 2 aromatic carbocycles. The van der Waals surface area contributed by atoms with Crippen molar-refractivity contribution in [1.82, 2.24) is 19.3 Å². The normalized spacial score (nSPS) is 15.1. The van der Waals surface area contributed by atoms with Gasteiger partial charge in [-0.1, -0.05) is 0 Å². The van der Waals surface area contributed by atoms with Crippen LogP contribution in [0, 0.1) is 0 Å². The Morgan fingerprint density at radius 2 is 1.79 bits per heavy atom. The summed E-state index contributed by atoms with van der Waals surface area (Å²) >= 11 is 0. The van der Waals surface area contributed by atoms with Gasteiger partial charge in [0, 0.05) is 49.7 Å². The van der Waals surface area contributed by atoms with E-state index in [0.29, 0.717) is 31.9 Å². The monoisotopic (exact) mass is 480 g/mol. The molecule has 0 spiro atoms. The third kappa shape index (κ3) is 3.93. The summed E-state index contributed by atoms with van der Waals surface area (Å²) in [6, 6.07) is 12.0. The molecule has 34 heavy (non-hydrogen) atoms. The maximum absolute atomic E-state index is 13.1. The Hall–Kier alpha value is -3.70. The first-order valence-corrected chi connectivity index (χ1v) is 12.2. The van der Waals surface area contributed by atoms with E-state index in [4.69, 9.17) is 4.74 Å². The second-order valence-corrected chi connectivity index (χ2v) is 9.99. The molecule has 176 valence electrons. The number of nitrogens with one attached hydrogen (secondary N) is 2. The first-order chi connectivity index (χ1) is 16.4. The van der Waals surface area contributed by atoms with Gasteiger partial charge in [-0.05, 0) is 42.5 Å². The molecule has 1 aliphatic rings. The van der Waals surface area contributed by atoms with Crippen molar-refractivity contribution in [2.75, 3.05) is 43.5 Å². The van der Waals surface area contributed by atoms with Crippen LogP contribution in [-0.4, -0.2) is 66.9 Å². The predicted molar refractivity (Wildman–Crippen MR) is 130 cm³/mol. The van der Waals surface area contributed by atoms with Crippen molar-refractivity contribution < 1.29 is 17.9 Å². The first kappa shape index (κ1) is 22.1. The van der Waals surface area contributed by atoms with E-state index in [-0.39, 0.29) is 10.8 Å². The van der Waals surface area contributed by atoms with Crippen LogP contribution in [0.3, 0.4) is 0 Å². The standard InChI is InChI=1S/C23H24N6O4S/c1-15(30)26-16-3-6-18(7-4-16)34(31,32)29-11-9-28(10-12-29)23-22-21(24-14-25-23)19-13-17(33-2)5-8-20(19)27-22/h3-8,13-14,27H,9-12H2,1-2H3,(H,26,30). The smallest absolute Gasteiger partial charge is 0.243 e. The molecule has 0 saturated carbocycles.